The first-order valence-corrected chi connectivity index (χ1v) is 6.98. The lowest BCUT2D eigenvalue weighted by molar-refractivity contribution is 0.692. The zero-order valence-electron chi connectivity index (χ0n) is 12.4. The van der Waals surface area contributed by atoms with E-state index in [1.807, 2.05) is 20.0 Å². The van der Waals surface area contributed by atoms with Crippen molar-refractivity contribution < 1.29 is 0 Å². The largest absolute Gasteiger partial charge is 0.394 e. The maximum atomic E-state index is 5.93. The molecule has 0 saturated heterocycles. The molecule has 7 heteroatoms. The smallest absolute Gasteiger partial charge is 0.180 e. The molecule has 0 radical (unpaired) electrons. The van der Waals surface area contributed by atoms with Gasteiger partial charge < -0.3 is 16.0 Å². The molecule has 3 aromatic rings. The number of anilines is 2. The Morgan fingerprint density at radius 3 is 2.90 bits per heavy atom. The molecule has 0 aliphatic carbocycles. The number of aryl methyl sites for hydroxylation is 1. The number of rotatable bonds is 4. The first-order chi connectivity index (χ1) is 10.1. The molecule has 0 bridgehead atoms. The van der Waals surface area contributed by atoms with Gasteiger partial charge >= 0.3 is 0 Å². The normalized spacial score (nSPS) is 12.7. The first kappa shape index (κ1) is 13.4. The van der Waals surface area contributed by atoms with Crippen molar-refractivity contribution in [3.63, 3.8) is 0 Å². The van der Waals surface area contributed by atoms with E-state index in [4.69, 9.17) is 5.73 Å². The number of hydrogen-bond acceptors (Lipinski definition) is 5. The van der Waals surface area contributed by atoms with Crippen LogP contribution in [0.1, 0.15) is 36.5 Å². The summed E-state index contributed by atoms with van der Waals surface area (Å²) in [6, 6.07) is 0.0779. The number of imidazole rings is 1. The van der Waals surface area contributed by atoms with E-state index in [0.29, 0.717) is 11.3 Å². The summed E-state index contributed by atoms with van der Waals surface area (Å²) in [5, 5.41) is 7.83. The molecule has 0 aliphatic rings. The summed E-state index contributed by atoms with van der Waals surface area (Å²) in [6.07, 6.45) is 6.10. The van der Waals surface area contributed by atoms with Gasteiger partial charge in [-0.25, -0.2) is 9.97 Å². The minimum Gasteiger partial charge on any atom is -0.394 e. The van der Waals surface area contributed by atoms with Crippen LogP contribution in [0.4, 0.5) is 11.5 Å². The Morgan fingerprint density at radius 2 is 2.24 bits per heavy atom. The second-order valence-electron chi connectivity index (χ2n) is 5.09. The fourth-order valence-electron chi connectivity index (χ4n) is 2.37. The topological polar surface area (TPSA) is 96.9 Å². The Balaban J connectivity index is 2.09. The Hall–Kier alpha value is -2.57. The highest BCUT2D eigenvalue weighted by Crippen LogP contribution is 2.26. The van der Waals surface area contributed by atoms with Crippen molar-refractivity contribution in [3.05, 3.63) is 35.7 Å². The SMILES string of the molecule is CCC(Nc1c(C)c(C)nc2c(N)cnn12)c1ncc[nH]1. The van der Waals surface area contributed by atoms with Gasteiger partial charge in [-0.3, -0.25) is 0 Å². The predicted octanol–water partition coefficient (Wildman–Crippen LogP) is 2.21. The number of nitrogens with two attached hydrogens (primary N) is 1. The minimum atomic E-state index is 0.0779. The predicted molar refractivity (Wildman–Crippen MR) is 82.1 cm³/mol. The van der Waals surface area contributed by atoms with E-state index in [2.05, 4.69) is 32.3 Å². The Morgan fingerprint density at radius 1 is 1.43 bits per heavy atom. The van der Waals surface area contributed by atoms with Gasteiger partial charge in [0.2, 0.25) is 0 Å². The van der Waals surface area contributed by atoms with Gasteiger partial charge in [0.1, 0.15) is 11.6 Å². The van der Waals surface area contributed by atoms with Crippen molar-refractivity contribution in [2.24, 2.45) is 0 Å². The molecular formula is C14H19N7. The molecule has 1 unspecified atom stereocenters. The molecule has 21 heavy (non-hydrogen) atoms. The van der Waals surface area contributed by atoms with Gasteiger partial charge in [0.15, 0.2) is 5.65 Å². The van der Waals surface area contributed by atoms with Gasteiger partial charge in [-0.15, -0.1) is 0 Å². The maximum Gasteiger partial charge on any atom is 0.180 e. The van der Waals surface area contributed by atoms with Gasteiger partial charge in [-0.1, -0.05) is 6.92 Å². The number of hydrogen-bond donors (Lipinski definition) is 3. The molecular weight excluding hydrogens is 266 g/mol. The monoisotopic (exact) mass is 285 g/mol. The van der Waals surface area contributed by atoms with Crippen molar-refractivity contribution in [3.8, 4) is 0 Å². The molecule has 0 saturated carbocycles. The highest BCUT2D eigenvalue weighted by Gasteiger charge is 2.18. The Bertz CT molecular complexity index is 757. The number of aromatic amines is 1. The molecule has 1 atom stereocenters. The number of nitrogens with zero attached hydrogens (tertiary/aromatic N) is 4. The van der Waals surface area contributed by atoms with Crippen LogP contribution < -0.4 is 11.1 Å². The van der Waals surface area contributed by atoms with E-state index in [-0.39, 0.29) is 6.04 Å². The van der Waals surface area contributed by atoms with Gasteiger partial charge in [0.25, 0.3) is 0 Å². The lowest BCUT2D eigenvalue weighted by Gasteiger charge is -2.19. The summed E-state index contributed by atoms with van der Waals surface area (Å²) in [4.78, 5) is 12.0. The summed E-state index contributed by atoms with van der Waals surface area (Å²) >= 11 is 0. The lowest BCUT2D eigenvalue weighted by atomic mass is 10.2. The summed E-state index contributed by atoms with van der Waals surface area (Å²) in [7, 11) is 0. The van der Waals surface area contributed by atoms with Crippen LogP contribution in [-0.2, 0) is 0 Å². The number of H-pyrrole nitrogens is 1. The number of nitrogen functional groups attached to an aromatic ring is 1. The van der Waals surface area contributed by atoms with E-state index in [9.17, 15) is 0 Å². The lowest BCUT2D eigenvalue weighted by Crippen LogP contribution is -2.16. The second kappa shape index (κ2) is 5.08. The van der Waals surface area contributed by atoms with Crippen molar-refractivity contribution in [2.75, 3.05) is 11.1 Å². The molecule has 3 heterocycles. The van der Waals surface area contributed by atoms with Crippen LogP contribution in [0.15, 0.2) is 18.6 Å². The van der Waals surface area contributed by atoms with Crippen LogP contribution in [0.25, 0.3) is 5.65 Å². The quantitative estimate of drug-likeness (QED) is 0.683. The van der Waals surface area contributed by atoms with E-state index in [1.165, 1.54) is 0 Å². The average Bonchev–Trinajstić information content (AvgIpc) is 3.11. The summed E-state index contributed by atoms with van der Waals surface area (Å²) in [5.41, 5.74) is 9.17. The Labute approximate surface area is 122 Å². The number of nitrogens with one attached hydrogen (secondary N) is 2. The molecule has 4 N–H and O–H groups in total. The van der Waals surface area contributed by atoms with Crippen LogP contribution >= 0.6 is 0 Å². The van der Waals surface area contributed by atoms with E-state index in [0.717, 1.165) is 29.3 Å². The molecule has 0 spiro atoms. The molecule has 0 aliphatic heterocycles. The molecule has 110 valence electrons. The van der Waals surface area contributed by atoms with Crippen molar-refractivity contribution in [1.82, 2.24) is 24.6 Å². The van der Waals surface area contributed by atoms with Crippen molar-refractivity contribution in [2.45, 2.75) is 33.2 Å². The minimum absolute atomic E-state index is 0.0779. The first-order valence-electron chi connectivity index (χ1n) is 6.98. The van der Waals surface area contributed by atoms with Crippen LogP contribution in [0, 0.1) is 13.8 Å². The van der Waals surface area contributed by atoms with Gasteiger partial charge in [0.05, 0.1) is 17.9 Å². The fourth-order valence-corrected chi connectivity index (χ4v) is 2.37. The Kier molecular flexibility index (Phi) is 3.25. The van der Waals surface area contributed by atoms with Crippen LogP contribution in [-0.4, -0.2) is 24.6 Å². The molecule has 3 aromatic heterocycles. The van der Waals surface area contributed by atoms with Gasteiger partial charge in [-0.2, -0.15) is 9.61 Å². The number of fused-ring (bicyclic) bond motifs is 1. The standard InChI is InChI=1S/C14H19N7/c1-4-11(12-16-5-6-17-12)20-13-8(2)9(3)19-14-10(15)7-18-21(13)14/h5-7,11,20H,4,15H2,1-3H3,(H,16,17). The van der Waals surface area contributed by atoms with E-state index in [1.54, 1.807) is 16.9 Å². The van der Waals surface area contributed by atoms with Gasteiger partial charge in [0, 0.05) is 23.7 Å². The summed E-state index contributed by atoms with van der Waals surface area (Å²) < 4.78 is 1.75. The zero-order chi connectivity index (χ0) is 15.0. The molecule has 0 aromatic carbocycles. The molecule has 3 rings (SSSR count). The van der Waals surface area contributed by atoms with E-state index >= 15 is 0 Å². The van der Waals surface area contributed by atoms with Crippen LogP contribution in [0.3, 0.4) is 0 Å². The highest BCUT2D eigenvalue weighted by molar-refractivity contribution is 5.68. The third-order valence-electron chi connectivity index (χ3n) is 3.72. The summed E-state index contributed by atoms with van der Waals surface area (Å²) in [5.74, 6) is 1.80. The third kappa shape index (κ3) is 2.20. The fraction of sp³-hybridized carbons (Fsp3) is 0.357. The molecule has 0 amide bonds. The van der Waals surface area contributed by atoms with Crippen LogP contribution in [0.5, 0.6) is 0 Å². The van der Waals surface area contributed by atoms with Gasteiger partial charge in [-0.05, 0) is 20.3 Å². The second-order valence-corrected chi connectivity index (χ2v) is 5.09. The molecule has 7 nitrogen and oxygen atoms in total. The third-order valence-corrected chi connectivity index (χ3v) is 3.72. The molecule has 0 fully saturated rings. The van der Waals surface area contributed by atoms with Crippen molar-refractivity contribution >= 4 is 17.2 Å². The zero-order valence-corrected chi connectivity index (χ0v) is 12.4. The highest BCUT2D eigenvalue weighted by atomic mass is 15.3. The van der Waals surface area contributed by atoms with Crippen molar-refractivity contribution in [1.29, 1.82) is 0 Å². The van der Waals surface area contributed by atoms with E-state index < -0.39 is 0 Å². The average molecular weight is 285 g/mol. The maximum absolute atomic E-state index is 5.93. The number of aromatic nitrogens is 5. The summed E-state index contributed by atoms with van der Waals surface area (Å²) in [6.45, 7) is 6.11. The van der Waals surface area contributed by atoms with Crippen LogP contribution in [0.2, 0.25) is 0 Å².